The molecule has 1 aromatic carbocycles. The maximum atomic E-state index is 14.5. The van der Waals surface area contributed by atoms with Crippen LogP contribution in [0.4, 0.5) is 49.7 Å². The van der Waals surface area contributed by atoms with E-state index in [1.165, 1.54) is 39.2 Å². The molecule has 0 aromatic heterocycles. The van der Waals surface area contributed by atoms with E-state index in [2.05, 4.69) is 10.6 Å². The zero-order valence-electron chi connectivity index (χ0n) is 50.8. The van der Waals surface area contributed by atoms with Crippen LogP contribution >= 0.6 is 0 Å². The Hall–Kier alpha value is -6.62. The Morgan fingerprint density at radius 1 is 0.316 bits per heavy atom. The van der Waals surface area contributed by atoms with Crippen LogP contribution in [0.15, 0.2) is 18.2 Å². The predicted octanol–water partition coefficient (Wildman–Crippen LogP) is 9.11. The molecule has 2 N–H and O–H groups in total. The third-order valence-electron chi connectivity index (χ3n) is 11.3. The molecule has 448 valence electrons. The number of hydrogen-bond acceptors (Lipinski definition) is 14. The molecule has 2 aliphatic heterocycles. The van der Waals surface area contributed by atoms with E-state index >= 15 is 0 Å². The van der Waals surface area contributed by atoms with Crippen LogP contribution < -0.4 is 10.6 Å². The number of urea groups is 2. The molecule has 79 heavy (non-hydrogen) atoms. The number of aryl methyl sites for hydroxylation is 1. The summed E-state index contributed by atoms with van der Waals surface area (Å²) in [6.45, 7) is 33.1. The molecule has 2 heterocycles. The van der Waals surface area contributed by atoms with Gasteiger partial charge in [0.25, 0.3) is 0 Å². The lowest BCUT2D eigenvalue weighted by molar-refractivity contribution is 0.00562. The van der Waals surface area contributed by atoms with Gasteiger partial charge in [-0.25, -0.2) is 38.4 Å². The van der Waals surface area contributed by atoms with Crippen molar-refractivity contribution in [3.8, 4) is 0 Å². The summed E-state index contributed by atoms with van der Waals surface area (Å²) >= 11 is 0. The highest BCUT2D eigenvalue weighted by atomic mass is 16.6. The van der Waals surface area contributed by atoms with Crippen molar-refractivity contribution in [3.63, 3.8) is 0 Å². The fourth-order valence-electron chi connectivity index (χ4n) is 7.52. The maximum Gasteiger partial charge on any atom is 0.410 e. The zero-order valence-corrected chi connectivity index (χ0v) is 50.8. The number of ether oxygens (including phenoxy) is 6. The molecule has 24 nitrogen and oxygen atoms in total. The van der Waals surface area contributed by atoms with Gasteiger partial charge in [-0.05, 0) is 149 Å². The Bertz CT molecular complexity index is 2180. The van der Waals surface area contributed by atoms with E-state index in [0.717, 1.165) is 0 Å². The molecule has 0 saturated carbocycles. The van der Waals surface area contributed by atoms with Crippen LogP contribution in [0.1, 0.15) is 130 Å². The average molecular weight is 1120 g/mol. The maximum absolute atomic E-state index is 14.5. The van der Waals surface area contributed by atoms with E-state index in [1.807, 2.05) is 0 Å². The van der Waals surface area contributed by atoms with Crippen molar-refractivity contribution >= 4 is 60.0 Å². The van der Waals surface area contributed by atoms with Gasteiger partial charge in [0.1, 0.15) is 33.6 Å². The number of amides is 10. The molecule has 1 aromatic rings. The monoisotopic (exact) mass is 1120 g/mol. The Balaban J connectivity index is 2.00. The molecule has 2 fully saturated rings. The summed E-state index contributed by atoms with van der Waals surface area (Å²) in [5, 5.41) is 5.89. The largest absolute Gasteiger partial charge is 0.444 e. The second kappa shape index (κ2) is 27.5. The summed E-state index contributed by atoms with van der Waals surface area (Å²) in [4.78, 5) is 122. The van der Waals surface area contributed by atoms with Crippen LogP contribution in [-0.4, -0.2) is 226 Å². The molecule has 0 radical (unpaired) electrons. The SMILES string of the molecule is Cc1ccc(NC(=O)N2CCN(C(=O)OC(C)(C)C)CCN(C(=O)OC(C)(C)C)CCN(C(=O)OC(C)(C)C)CC2)cc1NC(=O)N1CCN(C(=O)OC(C)(C)C)CCN(C(=O)OC(C)(C)C)CCN(C(=O)OC(C)(C)C)CC1. The first-order chi connectivity index (χ1) is 36.1. The lowest BCUT2D eigenvalue weighted by atomic mass is 10.2. The summed E-state index contributed by atoms with van der Waals surface area (Å²) < 4.78 is 34.4. The van der Waals surface area contributed by atoms with Crippen molar-refractivity contribution in [1.82, 2.24) is 39.2 Å². The van der Waals surface area contributed by atoms with Gasteiger partial charge in [-0.15, -0.1) is 0 Å². The van der Waals surface area contributed by atoms with Crippen molar-refractivity contribution in [3.05, 3.63) is 23.8 Å². The highest BCUT2D eigenvalue weighted by Crippen LogP contribution is 2.23. The van der Waals surface area contributed by atoms with Gasteiger partial charge in [-0.2, -0.15) is 0 Å². The van der Waals surface area contributed by atoms with Crippen LogP contribution in [-0.2, 0) is 28.4 Å². The third kappa shape index (κ3) is 25.4. The Labute approximate surface area is 468 Å². The fourth-order valence-corrected chi connectivity index (χ4v) is 7.52. The molecular formula is C55H94N10O14. The molecule has 10 amide bonds. The van der Waals surface area contributed by atoms with Crippen molar-refractivity contribution in [2.75, 3.05) is 115 Å². The number of nitrogens with zero attached hydrogens (tertiary/aromatic N) is 8. The fraction of sp³-hybridized carbons (Fsp3) is 0.745. The van der Waals surface area contributed by atoms with Crippen LogP contribution in [0.5, 0.6) is 0 Å². The first kappa shape index (κ1) is 66.7. The van der Waals surface area contributed by atoms with E-state index in [-0.39, 0.29) is 105 Å². The number of hydrogen-bond donors (Lipinski definition) is 2. The van der Waals surface area contributed by atoms with Gasteiger partial charge in [0.2, 0.25) is 0 Å². The van der Waals surface area contributed by atoms with Crippen molar-refractivity contribution in [2.45, 2.75) is 165 Å². The van der Waals surface area contributed by atoms with Crippen LogP contribution in [0.2, 0.25) is 0 Å². The average Bonchev–Trinajstić information content (AvgIpc) is 3.24. The molecule has 0 spiro atoms. The number of anilines is 2. The Morgan fingerprint density at radius 2 is 0.506 bits per heavy atom. The van der Waals surface area contributed by atoms with E-state index in [1.54, 1.807) is 150 Å². The van der Waals surface area contributed by atoms with Crippen LogP contribution in [0.25, 0.3) is 0 Å². The summed E-state index contributed by atoms with van der Waals surface area (Å²) in [6.07, 6.45) is -3.87. The topological polar surface area (TPSA) is 242 Å². The van der Waals surface area contributed by atoms with Gasteiger partial charge in [-0.3, -0.25) is 0 Å². The number of carbonyl (C=O) groups excluding carboxylic acids is 8. The summed E-state index contributed by atoms with van der Waals surface area (Å²) in [6, 6.07) is 3.81. The van der Waals surface area contributed by atoms with E-state index in [4.69, 9.17) is 28.4 Å². The number of nitrogens with one attached hydrogen (secondary N) is 2. The van der Waals surface area contributed by atoms with Gasteiger partial charge in [0.05, 0.1) is 0 Å². The predicted molar refractivity (Wildman–Crippen MR) is 299 cm³/mol. The lowest BCUT2D eigenvalue weighted by Gasteiger charge is -2.36. The van der Waals surface area contributed by atoms with E-state index in [0.29, 0.717) is 16.9 Å². The second-order valence-corrected chi connectivity index (χ2v) is 25.7. The minimum atomic E-state index is -0.855. The molecular weight excluding hydrogens is 1020 g/mol. The molecule has 2 aliphatic rings. The molecule has 0 aliphatic carbocycles. The van der Waals surface area contributed by atoms with Gasteiger partial charge in [-0.1, -0.05) is 6.07 Å². The highest BCUT2D eigenvalue weighted by molar-refractivity contribution is 5.94. The molecule has 0 bridgehead atoms. The van der Waals surface area contributed by atoms with Crippen LogP contribution in [0, 0.1) is 6.92 Å². The lowest BCUT2D eigenvalue weighted by Crippen LogP contribution is -2.52. The number of rotatable bonds is 2. The van der Waals surface area contributed by atoms with Crippen molar-refractivity contribution in [2.24, 2.45) is 0 Å². The van der Waals surface area contributed by atoms with Gasteiger partial charge < -0.3 is 78.3 Å². The molecule has 0 atom stereocenters. The van der Waals surface area contributed by atoms with E-state index in [9.17, 15) is 38.4 Å². The standard InChI is InChI=1S/C55H94N10O14/c1-39-20-21-40(56-42(66)58-22-26-60(44(68)74-50(2,3)4)30-34-64(48(72)78-54(14,15)16)35-31-61(27-23-58)45(69)75-51(5,6)7)38-41(39)57-43(67)59-24-28-62(46(70)76-52(8,9)10)32-36-65(49(73)79-55(17,18)19)37-33-63(29-25-59)47(71)77-53(11,12)13/h20-21,38H,22-37H2,1-19H3,(H,56,66)(H,57,67). The third-order valence-corrected chi connectivity index (χ3v) is 11.3. The smallest absolute Gasteiger partial charge is 0.410 e. The first-order valence-electron chi connectivity index (χ1n) is 27.2. The Morgan fingerprint density at radius 3 is 0.709 bits per heavy atom. The highest BCUT2D eigenvalue weighted by Gasteiger charge is 2.33. The van der Waals surface area contributed by atoms with Gasteiger partial charge >= 0.3 is 48.6 Å². The van der Waals surface area contributed by atoms with Crippen LogP contribution in [0.3, 0.4) is 0 Å². The van der Waals surface area contributed by atoms with Gasteiger partial charge in [0.15, 0.2) is 0 Å². The summed E-state index contributed by atoms with van der Waals surface area (Å²) in [7, 11) is 0. The number of benzene rings is 1. The molecule has 0 unspecified atom stereocenters. The van der Waals surface area contributed by atoms with Gasteiger partial charge in [0, 0.05) is 116 Å². The molecule has 3 rings (SSSR count). The minimum absolute atomic E-state index is 0.0126. The molecule has 2 saturated heterocycles. The number of carbonyl (C=O) groups is 8. The Kier molecular flexibility index (Phi) is 23.2. The van der Waals surface area contributed by atoms with Crippen molar-refractivity contribution < 1.29 is 66.8 Å². The summed E-state index contributed by atoms with van der Waals surface area (Å²) in [5.41, 5.74) is -3.79. The van der Waals surface area contributed by atoms with Crippen molar-refractivity contribution in [1.29, 1.82) is 0 Å². The quantitative estimate of drug-likeness (QED) is 0.263. The first-order valence-corrected chi connectivity index (χ1v) is 27.2. The normalized spacial score (nSPS) is 16.7. The van der Waals surface area contributed by atoms with E-state index < -0.39 is 82.2 Å². The minimum Gasteiger partial charge on any atom is -0.444 e. The molecule has 24 heteroatoms. The summed E-state index contributed by atoms with van der Waals surface area (Å²) in [5.74, 6) is 0. The second-order valence-electron chi connectivity index (χ2n) is 25.7. The zero-order chi connectivity index (χ0) is 60.1.